The molecule has 1 saturated heterocycles. The molecule has 0 saturated carbocycles. The van der Waals surface area contributed by atoms with Crippen molar-refractivity contribution >= 4 is 0 Å². The van der Waals surface area contributed by atoms with E-state index >= 15 is 0 Å². The summed E-state index contributed by atoms with van der Waals surface area (Å²) in [5, 5.41) is 8.78. The number of nitrogens with zero attached hydrogens (tertiary/aromatic N) is 2. The summed E-state index contributed by atoms with van der Waals surface area (Å²) in [7, 11) is 0. The molecule has 2 nitrogen and oxygen atoms in total. The van der Waals surface area contributed by atoms with E-state index in [9.17, 15) is 0 Å². The predicted octanol–water partition coefficient (Wildman–Crippen LogP) is 3.15. The van der Waals surface area contributed by atoms with E-state index in [2.05, 4.69) is 30.0 Å². The van der Waals surface area contributed by atoms with Gasteiger partial charge in [0.05, 0.1) is 11.6 Å². The predicted molar refractivity (Wildman–Crippen MR) is 69.9 cm³/mol. The highest BCUT2D eigenvalue weighted by molar-refractivity contribution is 5.33. The molecule has 1 aromatic carbocycles. The number of benzene rings is 1. The normalized spacial score (nSPS) is 17.9. The van der Waals surface area contributed by atoms with Crippen LogP contribution in [0.1, 0.15) is 43.2 Å². The fourth-order valence-electron chi connectivity index (χ4n) is 2.64. The second-order valence-corrected chi connectivity index (χ2v) is 4.85. The Bertz CT molecular complexity index is 380. The van der Waals surface area contributed by atoms with Crippen LogP contribution in [0.5, 0.6) is 0 Å². The molecule has 1 aliphatic rings. The summed E-state index contributed by atoms with van der Waals surface area (Å²) < 4.78 is 0. The van der Waals surface area contributed by atoms with Gasteiger partial charge >= 0.3 is 0 Å². The lowest BCUT2D eigenvalue weighted by Gasteiger charge is -2.31. The third-order valence-corrected chi connectivity index (χ3v) is 3.64. The average Bonchev–Trinajstić information content (AvgIpc) is 2.40. The molecule has 1 fully saturated rings. The zero-order valence-corrected chi connectivity index (χ0v) is 10.5. The van der Waals surface area contributed by atoms with Crippen LogP contribution >= 0.6 is 0 Å². The highest BCUT2D eigenvalue weighted by Crippen LogP contribution is 2.28. The minimum atomic E-state index is 0.691. The molecule has 1 aromatic rings. The van der Waals surface area contributed by atoms with Gasteiger partial charge in [-0.2, -0.15) is 5.26 Å². The van der Waals surface area contributed by atoms with E-state index in [1.165, 1.54) is 44.5 Å². The van der Waals surface area contributed by atoms with E-state index in [-0.39, 0.29) is 0 Å². The minimum absolute atomic E-state index is 0.691. The summed E-state index contributed by atoms with van der Waals surface area (Å²) in [6.45, 7) is 5.92. The first-order valence-electron chi connectivity index (χ1n) is 6.56. The molecule has 0 unspecified atom stereocenters. The summed E-state index contributed by atoms with van der Waals surface area (Å²) in [6, 6.07) is 10.3. The molecule has 2 heteroatoms. The van der Waals surface area contributed by atoms with Crippen molar-refractivity contribution in [3.8, 4) is 6.07 Å². The van der Waals surface area contributed by atoms with E-state index in [1.807, 2.05) is 12.1 Å². The van der Waals surface area contributed by atoms with Gasteiger partial charge in [0.25, 0.3) is 0 Å². The van der Waals surface area contributed by atoms with Gasteiger partial charge in [-0.25, -0.2) is 0 Å². The summed E-state index contributed by atoms with van der Waals surface area (Å²) in [5.74, 6) is 0.691. The van der Waals surface area contributed by atoms with E-state index < -0.39 is 0 Å². The van der Waals surface area contributed by atoms with Crippen molar-refractivity contribution in [2.24, 2.45) is 0 Å². The molecule has 1 heterocycles. The van der Waals surface area contributed by atoms with Crippen molar-refractivity contribution in [3.05, 3.63) is 35.4 Å². The molecular weight excluding hydrogens is 208 g/mol. The van der Waals surface area contributed by atoms with Crippen LogP contribution in [0.25, 0.3) is 0 Å². The summed E-state index contributed by atoms with van der Waals surface area (Å²) in [4.78, 5) is 2.56. The van der Waals surface area contributed by atoms with Gasteiger partial charge in [0.1, 0.15) is 0 Å². The zero-order chi connectivity index (χ0) is 12.1. The van der Waals surface area contributed by atoms with Crippen LogP contribution in [0.3, 0.4) is 0 Å². The maximum absolute atomic E-state index is 8.78. The molecule has 0 atom stereocenters. The lowest BCUT2D eigenvalue weighted by atomic mass is 9.89. The monoisotopic (exact) mass is 228 g/mol. The van der Waals surface area contributed by atoms with E-state index in [1.54, 1.807) is 0 Å². The number of piperidine rings is 1. The average molecular weight is 228 g/mol. The molecule has 0 bridgehead atoms. The lowest BCUT2D eigenvalue weighted by molar-refractivity contribution is 0.213. The van der Waals surface area contributed by atoms with Crippen LogP contribution in [0.15, 0.2) is 24.3 Å². The maximum atomic E-state index is 8.78. The minimum Gasteiger partial charge on any atom is -0.303 e. The van der Waals surface area contributed by atoms with Gasteiger partial charge in [0, 0.05) is 0 Å². The fourth-order valence-corrected chi connectivity index (χ4v) is 2.64. The van der Waals surface area contributed by atoms with Crippen molar-refractivity contribution in [2.45, 2.75) is 32.1 Å². The van der Waals surface area contributed by atoms with Gasteiger partial charge in [-0.05, 0) is 62.5 Å². The Morgan fingerprint density at radius 2 is 1.88 bits per heavy atom. The van der Waals surface area contributed by atoms with Crippen LogP contribution in [-0.4, -0.2) is 24.5 Å². The first-order chi connectivity index (χ1) is 8.33. The van der Waals surface area contributed by atoms with E-state index in [4.69, 9.17) is 5.26 Å². The Labute approximate surface area is 104 Å². The van der Waals surface area contributed by atoms with Crippen LogP contribution in [-0.2, 0) is 0 Å². The smallest absolute Gasteiger partial charge is 0.0991 e. The zero-order valence-electron chi connectivity index (χ0n) is 10.5. The Balaban J connectivity index is 1.94. The maximum Gasteiger partial charge on any atom is 0.0991 e. The molecule has 1 aliphatic heterocycles. The van der Waals surface area contributed by atoms with Crippen molar-refractivity contribution < 1.29 is 0 Å². The summed E-state index contributed by atoms with van der Waals surface area (Å²) in [5.41, 5.74) is 2.16. The lowest BCUT2D eigenvalue weighted by Crippen LogP contribution is -2.33. The molecule has 17 heavy (non-hydrogen) atoms. The third kappa shape index (κ3) is 3.08. The molecular formula is C15H20N2. The van der Waals surface area contributed by atoms with Crippen molar-refractivity contribution in [3.63, 3.8) is 0 Å². The standard InChI is InChI=1S/C15H20N2/c1-2-9-17-10-7-15(8-11-17)14-5-3-13(12-16)4-6-14/h3-6,15H,2,7-11H2,1H3. The number of nitriles is 1. The Kier molecular flexibility index (Phi) is 4.17. The quantitative estimate of drug-likeness (QED) is 0.794. The summed E-state index contributed by atoms with van der Waals surface area (Å²) >= 11 is 0. The fraction of sp³-hybridized carbons (Fsp3) is 0.533. The van der Waals surface area contributed by atoms with Crippen molar-refractivity contribution in [2.75, 3.05) is 19.6 Å². The largest absolute Gasteiger partial charge is 0.303 e. The number of rotatable bonds is 3. The second kappa shape index (κ2) is 5.84. The molecule has 0 N–H and O–H groups in total. The van der Waals surface area contributed by atoms with E-state index in [0.29, 0.717) is 5.92 Å². The SMILES string of the molecule is CCCN1CCC(c2ccc(C#N)cc2)CC1. The van der Waals surface area contributed by atoms with Gasteiger partial charge in [0.15, 0.2) is 0 Å². The van der Waals surface area contributed by atoms with Crippen molar-refractivity contribution in [1.82, 2.24) is 4.90 Å². The highest BCUT2D eigenvalue weighted by Gasteiger charge is 2.19. The molecule has 0 amide bonds. The highest BCUT2D eigenvalue weighted by atomic mass is 15.1. The topological polar surface area (TPSA) is 27.0 Å². The van der Waals surface area contributed by atoms with Gasteiger partial charge in [-0.3, -0.25) is 0 Å². The molecule has 0 aromatic heterocycles. The molecule has 0 radical (unpaired) electrons. The van der Waals surface area contributed by atoms with Crippen LogP contribution in [0.4, 0.5) is 0 Å². The Morgan fingerprint density at radius 1 is 1.24 bits per heavy atom. The second-order valence-electron chi connectivity index (χ2n) is 4.85. The molecule has 2 rings (SSSR count). The molecule has 0 aliphatic carbocycles. The first kappa shape index (κ1) is 12.1. The first-order valence-corrected chi connectivity index (χ1v) is 6.56. The van der Waals surface area contributed by atoms with Gasteiger partial charge in [0.2, 0.25) is 0 Å². The third-order valence-electron chi connectivity index (χ3n) is 3.64. The molecule has 0 spiro atoms. The number of likely N-dealkylation sites (tertiary alicyclic amines) is 1. The Morgan fingerprint density at radius 3 is 2.41 bits per heavy atom. The van der Waals surface area contributed by atoms with Gasteiger partial charge in [-0.1, -0.05) is 19.1 Å². The van der Waals surface area contributed by atoms with E-state index in [0.717, 1.165) is 5.56 Å². The molecule has 90 valence electrons. The number of hydrogen-bond donors (Lipinski definition) is 0. The van der Waals surface area contributed by atoms with Crippen LogP contribution in [0.2, 0.25) is 0 Å². The van der Waals surface area contributed by atoms with Crippen molar-refractivity contribution in [1.29, 1.82) is 5.26 Å². The van der Waals surface area contributed by atoms with Gasteiger partial charge < -0.3 is 4.90 Å². The Hall–Kier alpha value is -1.33. The van der Waals surface area contributed by atoms with Crippen LogP contribution < -0.4 is 0 Å². The van der Waals surface area contributed by atoms with Crippen LogP contribution in [0, 0.1) is 11.3 Å². The summed E-state index contributed by atoms with van der Waals surface area (Å²) in [6.07, 6.45) is 3.76. The number of hydrogen-bond acceptors (Lipinski definition) is 2. The van der Waals surface area contributed by atoms with Gasteiger partial charge in [-0.15, -0.1) is 0 Å².